The molecule has 2 N–H and O–H groups in total. The number of anilines is 2. The average molecular weight is 359 g/mol. The molecule has 10 heteroatoms. The highest BCUT2D eigenvalue weighted by atomic mass is 35.5. The van der Waals surface area contributed by atoms with Gasteiger partial charge in [-0.15, -0.1) is 11.6 Å². The van der Waals surface area contributed by atoms with Gasteiger partial charge in [-0.05, 0) is 31.0 Å². The van der Waals surface area contributed by atoms with Crippen LogP contribution in [-0.4, -0.2) is 34.7 Å². The van der Waals surface area contributed by atoms with E-state index in [-0.39, 0.29) is 17.1 Å². The Morgan fingerprint density at radius 2 is 1.81 bits per heavy atom. The Kier molecular flexibility index (Phi) is 6.24. The quantitative estimate of drug-likeness (QED) is 0.548. The molecule has 0 aliphatic heterocycles. The number of nitrogens with one attached hydrogen (secondary N) is 2. The van der Waals surface area contributed by atoms with Crippen molar-refractivity contribution in [3.63, 3.8) is 0 Å². The minimum absolute atomic E-state index is 0.0772. The van der Waals surface area contributed by atoms with Crippen LogP contribution in [0.2, 0.25) is 0 Å². The van der Waals surface area contributed by atoms with E-state index < -0.39 is 25.9 Å². The predicted octanol–water partition coefficient (Wildman–Crippen LogP) is 1.96. The number of rotatable bonds is 8. The average Bonchev–Trinajstić information content (AvgIpc) is 2.31. The summed E-state index contributed by atoms with van der Waals surface area (Å²) in [7, 11) is -7.25. The molecule has 0 radical (unpaired) electrons. The molecule has 0 amide bonds. The number of benzene rings is 1. The van der Waals surface area contributed by atoms with Crippen LogP contribution in [0, 0.1) is 5.82 Å². The summed E-state index contributed by atoms with van der Waals surface area (Å²) >= 11 is 5.47. The van der Waals surface area contributed by atoms with Crippen LogP contribution in [-0.2, 0) is 20.0 Å². The smallest absolute Gasteiger partial charge is 0.232 e. The van der Waals surface area contributed by atoms with Gasteiger partial charge < -0.3 is 0 Å². The van der Waals surface area contributed by atoms with Crippen molar-refractivity contribution in [3.8, 4) is 0 Å². The van der Waals surface area contributed by atoms with Gasteiger partial charge in [-0.1, -0.05) is 0 Å². The topological polar surface area (TPSA) is 92.3 Å². The predicted molar refractivity (Wildman–Crippen MR) is 82.2 cm³/mol. The molecule has 1 aromatic rings. The lowest BCUT2D eigenvalue weighted by molar-refractivity contribution is 0.597. The van der Waals surface area contributed by atoms with Crippen LogP contribution >= 0.6 is 11.6 Å². The summed E-state index contributed by atoms with van der Waals surface area (Å²) in [5, 5.41) is 0. The van der Waals surface area contributed by atoms with Gasteiger partial charge in [-0.25, -0.2) is 21.2 Å². The van der Waals surface area contributed by atoms with Gasteiger partial charge in [0.2, 0.25) is 20.0 Å². The SMILES string of the molecule is CS(=O)(=O)Nc1cc(NS(=O)(=O)CCCCCl)ccc1F. The van der Waals surface area contributed by atoms with E-state index in [1.165, 1.54) is 6.07 Å². The Labute approximate surface area is 128 Å². The van der Waals surface area contributed by atoms with E-state index in [1.54, 1.807) is 0 Å². The van der Waals surface area contributed by atoms with Gasteiger partial charge in [0.05, 0.1) is 23.4 Å². The van der Waals surface area contributed by atoms with Gasteiger partial charge in [0.15, 0.2) is 0 Å². The van der Waals surface area contributed by atoms with Crippen molar-refractivity contribution in [3.05, 3.63) is 24.0 Å². The lowest BCUT2D eigenvalue weighted by Crippen LogP contribution is -2.17. The Balaban J connectivity index is 2.87. The second kappa shape index (κ2) is 7.28. The summed E-state index contributed by atoms with van der Waals surface area (Å²) in [5.74, 6) is -0.550. The first kappa shape index (κ1) is 18.0. The fourth-order valence-corrected chi connectivity index (χ4v) is 3.40. The van der Waals surface area contributed by atoms with Gasteiger partial charge in [-0.3, -0.25) is 9.44 Å². The molecule has 0 aromatic heterocycles. The standard InChI is InChI=1S/C11H16ClFN2O4S2/c1-20(16,17)15-11-8-9(4-5-10(11)13)14-21(18,19)7-3-2-6-12/h4-5,8,14-15H,2-3,6-7H2,1H3. The lowest BCUT2D eigenvalue weighted by atomic mass is 10.3. The second-order valence-electron chi connectivity index (χ2n) is 4.39. The van der Waals surface area contributed by atoms with Crippen LogP contribution in [0.4, 0.5) is 15.8 Å². The highest BCUT2D eigenvalue weighted by molar-refractivity contribution is 7.92. The van der Waals surface area contributed by atoms with Crippen molar-refractivity contribution >= 4 is 43.0 Å². The summed E-state index contributed by atoms with van der Waals surface area (Å²) in [5.41, 5.74) is -0.244. The summed E-state index contributed by atoms with van der Waals surface area (Å²) < 4.78 is 63.4. The molecule has 21 heavy (non-hydrogen) atoms. The maximum Gasteiger partial charge on any atom is 0.232 e. The number of hydrogen-bond acceptors (Lipinski definition) is 4. The molecule has 120 valence electrons. The minimum Gasteiger partial charge on any atom is -0.283 e. The van der Waals surface area contributed by atoms with E-state index in [1.807, 2.05) is 4.72 Å². The summed E-state index contributed by atoms with van der Waals surface area (Å²) in [6.45, 7) is 0. The van der Waals surface area contributed by atoms with Crippen molar-refractivity contribution in [2.45, 2.75) is 12.8 Å². The summed E-state index contributed by atoms with van der Waals surface area (Å²) in [4.78, 5) is 0. The number of hydrogen-bond donors (Lipinski definition) is 2. The number of halogens is 2. The molecule has 0 bridgehead atoms. The molecule has 0 unspecified atom stereocenters. The van der Waals surface area contributed by atoms with Crippen molar-refractivity contribution in [2.75, 3.05) is 27.3 Å². The molecule has 0 fully saturated rings. The van der Waals surface area contributed by atoms with E-state index in [4.69, 9.17) is 11.6 Å². The molecule has 0 aliphatic rings. The maximum absolute atomic E-state index is 13.5. The molecule has 0 saturated heterocycles. The zero-order chi connectivity index (χ0) is 16.1. The highest BCUT2D eigenvalue weighted by Gasteiger charge is 2.13. The van der Waals surface area contributed by atoms with Gasteiger partial charge in [0.1, 0.15) is 5.82 Å². The molecule has 0 atom stereocenters. The monoisotopic (exact) mass is 358 g/mol. The maximum atomic E-state index is 13.5. The Bertz CT molecular complexity index is 692. The zero-order valence-electron chi connectivity index (χ0n) is 11.3. The molecule has 1 rings (SSSR count). The van der Waals surface area contributed by atoms with Crippen molar-refractivity contribution in [1.82, 2.24) is 0 Å². The third kappa shape index (κ3) is 6.96. The minimum atomic E-state index is -3.66. The first-order valence-corrected chi connectivity index (χ1v) is 10.0. The fraction of sp³-hybridized carbons (Fsp3) is 0.455. The lowest BCUT2D eigenvalue weighted by Gasteiger charge is -2.10. The van der Waals surface area contributed by atoms with Gasteiger partial charge in [0, 0.05) is 5.88 Å². The second-order valence-corrected chi connectivity index (χ2v) is 8.35. The van der Waals surface area contributed by atoms with E-state index in [0.717, 1.165) is 18.4 Å². The van der Waals surface area contributed by atoms with Gasteiger partial charge >= 0.3 is 0 Å². The van der Waals surface area contributed by atoms with Crippen LogP contribution in [0.3, 0.4) is 0 Å². The Morgan fingerprint density at radius 3 is 2.38 bits per heavy atom. The van der Waals surface area contributed by atoms with Crippen molar-refractivity contribution < 1.29 is 21.2 Å². The fourth-order valence-electron chi connectivity index (χ4n) is 1.48. The van der Waals surface area contributed by atoms with E-state index in [0.29, 0.717) is 18.7 Å². The van der Waals surface area contributed by atoms with E-state index in [9.17, 15) is 21.2 Å². The third-order valence-corrected chi connectivity index (χ3v) is 4.56. The first-order chi connectivity index (χ1) is 9.63. The summed E-state index contributed by atoms with van der Waals surface area (Å²) in [6.07, 6.45) is 1.83. The van der Waals surface area contributed by atoms with Crippen LogP contribution in [0.1, 0.15) is 12.8 Å². The van der Waals surface area contributed by atoms with Crippen LogP contribution in [0.5, 0.6) is 0 Å². The van der Waals surface area contributed by atoms with Crippen LogP contribution in [0.15, 0.2) is 18.2 Å². The van der Waals surface area contributed by atoms with Gasteiger partial charge in [-0.2, -0.15) is 0 Å². The van der Waals surface area contributed by atoms with Crippen LogP contribution in [0.25, 0.3) is 0 Å². The third-order valence-electron chi connectivity index (χ3n) is 2.33. The van der Waals surface area contributed by atoms with Crippen molar-refractivity contribution in [1.29, 1.82) is 0 Å². The molecule has 6 nitrogen and oxygen atoms in total. The van der Waals surface area contributed by atoms with E-state index in [2.05, 4.69) is 4.72 Å². The number of alkyl halides is 1. The molecule has 0 spiro atoms. The molecule has 0 aliphatic carbocycles. The zero-order valence-corrected chi connectivity index (χ0v) is 13.7. The van der Waals surface area contributed by atoms with E-state index >= 15 is 0 Å². The molecule has 0 saturated carbocycles. The summed E-state index contributed by atoms with van der Waals surface area (Å²) in [6, 6.07) is 3.27. The molecular weight excluding hydrogens is 343 g/mol. The normalized spacial score (nSPS) is 12.1. The number of sulfonamides is 2. The molecular formula is C11H16ClFN2O4S2. The van der Waals surface area contributed by atoms with Crippen molar-refractivity contribution in [2.24, 2.45) is 0 Å². The number of unbranched alkanes of at least 4 members (excludes halogenated alkanes) is 1. The molecule has 0 heterocycles. The largest absolute Gasteiger partial charge is 0.283 e. The molecule has 1 aromatic carbocycles. The van der Waals surface area contributed by atoms with Gasteiger partial charge in [0.25, 0.3) is 0 Å². The first-order valence-electron chi connectivity index (χ1n) is 5.97. The van der Waals surface area contributed by atoms with Crippen LogP contribution < -0.4 is 9.44 Å². The highest BCUT2D eigenvalue weighted by Crippen LogP contribution is 2.21. The Hall–Kier alpha value is -1.06. The Morgan fingerprint density at radius 1 is 1.14 bits per heavy atom.